The molecular weight excluding hydrogens is 298 g/mol. The lowest BCUT2D eigenvalue weighted by molar-refractivity contribution is 0.0698. The Balaban J connectivity index is 0. The smallest absolute Gasteiger partial charge is 0.337 e. The Morgan fingerprint density at radius 2 is 1.68 bits per heavy atom. The number of benzene rings is 1. The van der Waals surface area contributed by atoms with Crippen LogP contribution in [-0.2, 0) is 10.1 Å². The number of nitrogens with two attached hydrogens (primary N) is 2. The number of aromatic carboxylic acids is 1. The van der Waals surface area contributed by atoms with Crippen molar-refractivity contribution in [3.63, 3.8) is 0 Å². The van der Waals surface area contributed by atoms with Gasteiger partial charge in [-0.15, -0.1) is 12.4 Å². The van der Waals surface area contributed by atoms with Gasteiger partial charge >= 0.3 is 5.97 Å². The van der Waals surface area contributed by atoms with E-state index >= 15 is 0 Å². The molecule has 0 amide bonds. The van der Waals surface area contributed by atoms with Crippen molar-refractivity contribution >= 4 is 40.1 Å². The summed E-state index contributed by atoms with van der Waals surface area (Å²) in [5.74, 6) is -1.21. The zero-order valence-corrected chi connectivity index (χ0v) is 11.5. The van der Waals surface area contributed by atoms with Crippen LogP contribution in [0.15, 0.2) is 29.3 Å². The van der Waals surface area contributed by atoms with Gasteiger partial charge in [-0.2, -0.15) is 8.42 Å². The number of halogens is 1. The van der Waals surface area contributed by atoms with E-state index in [1.165, 1.54) is 12.1 Å². The van der Waals surface area contributed by atoms with Crippen molar-refractivity contribution in [1.82, 2.24) is 0 Å². The van der Waals surface area contributed by atoms with E-state index in [-0.39, 0.29) is 29.6 Å². The molecule has 6 N–H and O–H groups in total. The van der Waals surface area contributed by atoms with Crippen molar-refractivity contribution in [3.05, 3.63) is 29.8 Å². The summed E-state index contributed by atoms with van der Waals surface area (Å²) in [6.45, 7) is 0. The number of nitrogens with zero attached hydrogens (tertiary/aromatic N) is 1. The zero-order chi connectivity index (χ0) is 14.3. The summed E-state index contributed by atoms with van der Waals surface area (Å²) in [6, 6.07) is 6.23. The Kier molecular flexibility index (Phi) is 8.51. The van der Waals surface area contributed by atoms with Gasteiger partial charge in [0.2, 0.25) is 0 Å². The number of para-hydroxylation sites is 1. The van der Waals surface area contributed by atoms with Crippen LogP contribution in [0.25, 0.3) is 0 Å². The van der Waals surface area contributed by atoms with Gasteiger partial charge in [0.25, 0.3) is 10.1 Å². The van der Waals surface area contributed by atoms with Gasteiger partial charge in [-0.3, -0.25) is 4.55 Å². The van der Waals surface area contributed by atoms with Crippen molar-refractivity contribution in [2.24, 2.45) is 16.5 Å². The minimum atomic E-state index is -3.67. The van der Waals surface area contributed by atoms with Gasteiger partial charge in [-0.05, 0) is 12.1 Å². The van der Waals surface area contributed by atoms with E-state index in [0.29, 0.717) is 6.26 Å². The van der Waals surface area contributed by atoms with Crippen LogP contribution in [0.4, 0.5) is 5.69 Å². The molecule has 1 rings (SSSR count). The quantitative estimate of drug-likeness (QED) is 0.345. The summed E-state index contributed by atoms with van der Waals surface area (Å²) in [5.41, 5.74) is 10.6. The lowest BCUT2D eigenvalue weighted by Crippen LogP contribution is -2.22. The first-order valence-electron chi connectivity index (χ1n) is 4.45. The highest BCUT2D eigenvalue weighted by Crippen LogP contribution is 2.17. The zero-order valence-electron chi connectivity index (χ0n) is 9.85. The molecule has 0 unspecified atom stereocenters. The second kappa shape index (κ2) is 8.29. The summed E-state index contributed by atoms with van der Waals surface area (Å²) in [5, 5.41) is 8.73. The Labute approximate surface area is 116 Å². The summed E-state index contributed by atoms with van der Waals surface area (Å²) in [6.07, 6.45) is 0.715. The van der Waals surface area contributed by atoms with Gasteiger partial charge < -0.3 is 16.6 Å². The average molecular weight is 312 g/mol. The molecule has 0 radical (unpaired) electrons. The van der Waals surface area contributed by atoms with Crippen LogP contribution in [0.3, 0.4) is 0 Å². The molecule has 0 saturated heterocycles. The first-order chi connectivity index (χ1) is 8.11. The van der Waals surface area contributed by atoms with Gasteiger partial charge in [0.1, 0.15) is 0 Å². The average Bonchev–Trinajstić information content (AvgIpc) is 2.14. The first-order valence-corrected chi connectivity index (χ1v) is 6.30. The van der Waals surface area contributed by atoms with Crippen LogP contribution >= 0.6 is 12.4 Å². The molecule has 0 bridgehead atoms. The second-order valence-electron chi connectivity index (χ2n) is 3.09. The molecule has 10 heteroatoms. The minimum absolute atomic E-state index is 0. The van der Waals surface area contributed by atoms with Crippen molar-refractivity contribution in [2.75, 3.05) is 6.26 Å². The van der Waals surface area contributed by atoms with Crippen LogP contribution in [0.5, 0.6) is 0 Å². The van der Waals surface area contributed by atoms with E-state index < -0.39 is 16.1 Å². The van der Waals surface area contributed by atoms with E-state index in [0.717, 1.165) is 0 Å². The van der Waals surface area contributed by atoms with Crippen LogP contribution in [0.1, 0.15) is 10.4 Å². The molecule has 19 heavy (non-hydrogen) atoms. The molecule has 0 aliphatic rings. The molecule has 0 spiro atoms. The Hall–Kier alpha value is -1.84. The van der Waals surface area contributed by atoms with E-state index in [4.69, 9.17) is 21.1 Å². The molecular formula is C9H14ClN3O5S. The standard InChI is InChI=1S/C8H9N3O2.CH4O3S.ClH/c9-8(10)11-6-4-2-1-3-5(6)7(12)13;1-5(2,3)4;/h1-4H,(H,12,13)(H4,9,10,11);1H3,(H,2,3,4);1H. The molecule has 0 aliphatic heterocycles. The molecule has 1 aromatic carbocycles. The lowest BCUT2D eigenvalue weighted by Gasteiger charge is -1.99. The monoisotopic (exact) mass is 311 g/mol. The largest absolute Gasteiger partial charge is 0.478 e. The van der Waals surface area contributed by atoms with E-state index in [2.05, 4.69) is 4.99 Å². The Bertz CT molecular complexity index is 547. The summed E-state index contributed by atoms with van der Waals surface area (Å²) in [7, 11) is -3.67. The van der Waals surface area contributed by atoms with Gasteiger partial charge in [0.15, 0.2) is 5.96 Å². The third-order valence-corrected chi connectivity index (χ3v) is 1.38. The number of carboxylic acid groups (broad SMARTS) is 1. The fourth-order valence-electron chi connectivity index (χ4n) is 0.891. The molecule has 108 valence electrons. The molecule has 0 atom stereocenters. The molecule has 8 nitrogen and oxygen atoms in total. The van der Waals surface area contributed by atoms with Crippen LogP contribution in [0.2, 0.25) is 0 Å². The number of carboxylic acids is 1. The predicted molar refractivity (Wildman–Crippen MR) is 73.6 cm³/mol. The highest BCUT2D eigenvalue weighted by molar-refractivity contribution is 7.85. The van der Waals surface area contributed by atoms with Gasteiger partial charge in [-0.1, -0.05) is 12.1 Å². The summed E-state index contributed by atoms with van der Waals surface area (Å²) in [4.78, 5) is 14.3. The fraction of sp³-hybridized carbons (Fsp3) is 0.111. The maximum atomic E-state index is 10.7. The molecule has 0 aliphatic carbocycles. The number of hydrogen-bond acceptors (Lipinski definition) is 4. The van der Waals surface area contributed by atoms with Crippen molar-refractivity contribution in [1.29, 1.82) is 0 Å². The Morgan fingerprint density at radius 3 is 2.05 bits per heavy atom. The summed E-state index contributed by atoms with van der Waals surface area (Å²) >= 11 is 0. The molecule has 0 aromatic heterocycles. The molecule has 0 fully saturated rings. The normalized spacial score (nSPS) is 9.37. The first kappa shape index (κ1) is 19.5. The molecule has 0 heterocycles. The second-order valence-corrected chi connectivity index (χ2v) is 4.56. The molecule has 1 aromatic rings. The highest BCUT2D eigenvalue weighted by atomic mass is 35.5. The van der Waals surface area contributed by atoms with E-state index in [9.17, 15) is 13.2 Å². The topological polar surface area (TPSA) is 156 Å². The van der Waals surface area contributed by atoms with Crippen molar-refractivity contribution in [3.8, 4) is 0 Å². The number of rotatable bonds is 2. The lowest BCUT2D eigenvalue weighted by atomic mass is 10.2. The third-order valence-electron chi connectivity index (χ3n) is 1.38. The third kappa shape index (κ3) is 11.0. The SMILES string of the molecule is CS(=O)(=O)O.Cl.NC(N)=Nc1ccccc1C(=O)O. The highest BCUT2D eigenvalue weighted by Gasteiger charge is 2.07. The van der Waals surface area contributed by atoms with Gasteiger partial charge in [0, 0.05) is 0 Å². The van der Waals surface area contributed by atoms with Crippen molar-refractivity contribution < 1.29 is 22.9 Å². The minimum Gasteiger partial charge on any atom is -0.478 e. The number of aliphatic imine (C=N–C) groups is 1. The van der Waals surface area contributed by atoms with Crippen LogP contribution < -0.4 is 11.5 Å². The van der Waals surface area contributed by atoms with Crippen LogP contribution in [0, 0.1) is 0 Å². The van der Waals surface area contributed by atoms with Gasteiger partial charge in [0.05, 0.1) is 17.5 Å². The van der Waals surface area contributed by atoms with E-state index in [1.54, 1.807) is 12.1 Å². The number of hydrogen-bond donors (Lipinski definition) is 4. The fourth-order valence-corrected chi connectivity index (χ4v) is 0.891. The number of guanidine groups is 1. The maximum absolute atomic E-state index is 10.7. The predicted octanol–water partition coefficient (Wildman–Crippen LogP) is 0.216. The van der Waals surface area contributed by atoms with Crippen LogP contribution in [-0.4, -0.2) is 36.3 Å². The molecule has 0 saturated carbocycles. The maximum Gasteiger partial charge on any atom is 0.337 e. The van der Waals surface area contributed by atoms with E-state index in [1.807, 2.05) is 0 Å². The number of carbonyl (C=O) groups is 1. The summed E-state index contributed by atoms with van der Waals surface area (Å²) < 4.78 is 25.9. The van der Waals surface area contributed by atoms with Gasteiger partial charge in [-0.25, -0.2) is 9.79 Å². The van der Waals surface area contributed by atoms with Crippen molar-refractivity contribution in [2.45, 2.75) is 0 Å². The Morgan fingerprint density at radius 1 is 1.26 bits per heavy atom.